The fourth-order valence-corrected chi connectivity index (χ4v) is 5.64. The molecule has 6 nitrogen and oxygen atoms in total. The quantitative estimate of drug-likeness (QED) is 0.613. The Labute approximate surface area is 173 Å². The summed E-state index contributed by atoms with van der Waals surface area (Å²) in [5.41, 5.74) is 2.40. The van der Waals surface area contributed by atoms with Gasteiger partial charge in [0.25, 0.3) is 0 Å². The number of rotatable bonds is 5. The molecule has 0 saturated carbocycles. The fraction of sp³-hybridized carbons (Fsp3) is 0.652. The van der Waals surface area contributed by atoms with Gasteiger partial charge >= 0.3 is 0 Å². The Kier molecular flexibility index (Phi) is 5.20. The van der Waals surface area contributed by atoms with Gasteiger partial charge in [-0.25, -0.2) is 4.99 Å². The monoisotopic (exact) mass is 396 g/mol. The van der Waals surface area contributed by atoms with Gasteiger partial charge in [-0.1, -0.05) is 24.3 Å². The lowest BCUT2D eigenvalue weighted by Crippen LogP contribution is -2.41. The molecule has 1 amide bonds. The smallest absolute Gasteiger partial charge is 0.222 e. The van der Waals surface area contributed by atoms with Crippen LogP contribution in [0.4, 0.5) is 0 Å². The van der Waals surface area contributed by atoms with Gasteiger partial charge in [-0.3, -0.25) is 4.79 Å². The molecular weight excluding hydrogens is 364 g/mol. The Balaban J connectivity index is 1.25. The van der Waals surface area contributed by atoms with Crippen LogP contribution in [0.15, 0.2) is 29.3 Å². The number of carbonyl (C=O) groups excluding carboxylic acids is 1. The first-order valence-electron chi connectivity index (χ1n) is 11.3. The van der Waals surface area contributed by atoms with Crippen LogP contribution >= 0.6 is 0 Å². The van der Waals surface area contributed by atoms with Crippen molar-refractivity contribution in [2.75, 3.05) is 26.2 Å². The third-order valence-corrected chi connectivity index (χ3v) is 7.03. The predicted molar refractivity (Wildman–Crippen MR) is 112 cm³/mol. The van der Waals surface area contributed by atoms with Crippen LogP contribution in [0.3, 0.4) is 0 Å². The van der Waals surface area contributed by atoms with E-state index in [1.54, 1.807) is 0 Å². The molecule has 4 aliphatic heterocycles. The molecule has 1 aromatic rings. The van der Waals surface area contributed by atoms with E-state index in [2.05, 4.69) is 41.4 Å². The molecule has 1 aromatic carbocycles. The Morgan fingerprint density at radius 2 is 1.97 bits per heavy atom. The van der Waals surface area contributed by atoms with Crippen LogP contribution in [0.1, 0.15) is 43.7 Å². The zero-order valence-corrected chi connectivity index (χ0v) is 17.3. The van der Waals surface area contributed by atoms with Gasteiger partial charge in [0.15, 0.2) is 5.96 Å². The number of guanidine groups is 1. The topological polar surface area (TPSA) is 57.2 Å². The van der Waals surface area contributed by atoms with Gasteiger partial charge in [0, 0.05) is 51.0 Å². The van der Waals surface area contributed by atoms with Crippen molar-refractivity contribution >= 4 is 11.9 Å². The van der Waals surface area contributed by atoms with Gasteiger partial charge in [-0.2, -0.15) is 0 Å². The van der Waals surface area contributed by atoms with Crippen LogP contribution < -0.4 is 5.32 Å². The van der Waals surface area contributed by atoms with Crippen molar-refractivity contribution in [1.82, 2.24) is 15.1 Å². The summed E-state index contributed by atoms with van der Waals surface area (Å²) in [6.45, 7) is 7.41. The third kappa shape index (κ3) is 3.75. The molecule has 1 N–H and O–H groups in total. The van der Waals surface area contributed by atoms with Gasteiger partial charge in [0.2, 0.25) is 5.91 Å². The molecule has 6 heteroatoms. The summed E-state index contributed by atoms with van der Waals surface area (Å²) < 4.78 is 6.12. The highest BCUT2D eigenvalue weighted by Crippen LogP contribution is 2.47. The van der Waals surface area contributed by atoms with Gasteiger partial charge in [-0.05, 0) is 37.3 Å². The van der Waals surface area contributed by atoms with E-state index in [0.29, 0.717) is 43.6 Å². The molecule has 0 aromatic heterocycles. The SMILES string of the molecule is CCNC(=NCc1cccc(CN2CCCC2=O)c1)N1CC2C3CCC(O3)C2C1. The Morgan fingerprint density at radius 3 is 2.66 bits per heavy atom. The molecule has 4 atom stereocenters. The number of amides is 1. The number of hydrogen-bond donors (Lipinski definition) is 1. The van der Waals surface area contributed by atoms with Crippen molar-refractivity contribution in [1.29, 1.82) is 0 Å². The fourth-order valence-electron chi connectivity index (χ4n) is 5.64. The second-order valence-corrected chi connectivity index (χ2v) is 8.93. The van der Waals surface area contributed by atoms with E-state index in [1.807, 2.05) is 4.90 Å². The van der Waals surface area contributed by atoms with E-state index >= 15 is 0 Å². The van der Waals surface area contributed by atoms with Crippen LogP contribution in [0, 0.1) is 11.8 Å². The number of nitrogens with one attached hydrogen (secondary N) is 1. The average Bonchev–Trinajstić information content (AvgIpc) is 3.49. The summed E-state index contributed by atoms with van der Waals surface area (Å²) in [6.07, 6.45) is 5.10. The van der Waals surface area contributed by atoms with E-state index in [4.69, 9.17) is 9.73 Å². The van der Waals surface area contributed by atoms with Gasteiger partial charge in [0.1, 0.15) is 0 Å². The molecule has 4 fully saturated rings. The Bertz CT molecular complexity index is 777. The van der Waals surface area contributed by atoms with Crippen molar-refractivity contribution in [3.05, 3.63) is 35.4 Å². The van der Waals surface area contributed by atoms with Crippen LogP contribution in [0.2, 0.25) is 0 Å². The van der Waals surface area contributed by atoms with Crippen molar-refractivity contribution in [2.24, 2.45) is 16.8 Å². The maximum Gasteiger partial charge on any atom is 0.222 e. The van der Waals surface area contributed by atoms with Gasteiger partial charge in [-0.15, -0.1) is 0 Å². The number of fused-ring (bicyclic) bond motifs is 5. The number of aliphatic imine (C=N–C) groups is 1. The molecule has 2 bridgehead atoms. The summed E-state index contributed by atoms with van der Waals surface area (Å²) in [5.74, 6) is 2.67. The first-order chi connectivity index (χ1) is 14.2. The van der Waals surface area contributed by atoms with Crippen LogP contribution in [0.25, 0.3) is 0 Å². The summed E-state index contributed by atoms with van der Waals surface area (Å²) in [5, 5.41) is 3.50. The highest BCUT2D eigenvalue weighted by molar-refractivity contribution is 5.80. The average molecular weight is 397 g/mol. The highest BCUT2D eigenvalue weighted by Gasteiger charge is 2.53. The number of likely N-dealkylation sites (tertiary alicyclic amines) is 2. The number of benzene rings is 1. The van der Waals surface area contributed by atoms with Crippen molar-refractivity contribution < 1.29 is 9.53 Å². The second kappa shape index (κ2) is 7.98. The van der Waals surface area contributed by atoms with E-state index in [9.17, 15) is 4.79 Å². The summed E-state index contributed by atoms with van der Waals surface area (Å²) >= 11 is 0. The Hall–Kier alpha value is -2.08. The summed E-state index contributed by atoms with van der Waals surface area (Å²) in [7, 11) is 0. The van der Waals surface area contributed by atoms with Crippen LogP contribution in [-0.2, 0) is 22.6 Å². The van der Waals surface area contributed by atoms with E-state index in [1.165, 1.54) is 24.0 Å². The molecule has 0 spiro atoms. The van der Waals surface area contributed by atoms with Crippen LogP contribution in [0.5, 0.6) is 0 Å². The molecule has 5 rings (SSSR count). The third-order valence-electron chi connectivity index (χ3n) is 7.03. The predicted octanol–water partition coefficient (Wildman–Crippen LogP) is 2.38. The van der Waals surface area contributed by atoms with Gasteiger partial charge in [0.05, 0.1) is 18.8 Å². The molecule has 4 unspecified atom stereocenters. The van der Waals surface area contributed by atoms with Crippen molar-refractivity contribution in [2.45, 2.75) is 57.9 Å². The summed E-state index contributed by atoms with van der Waals surface area (Å²) in [6, 6.07) is 8.53. The number of carbonyl (C=O) groups is 1. The van der Waals surface area contributed by atoms with E-state index < -0.39 is 0 Å². The molecule has 4 heterocycles. The molecule has 29 heavy (non-hydrogen) atoms. The minimum atomic E-state index is 0.278. The molecule has 4 saturated heterocycles. The molecule has 0 aliphatic carbocycles. The van der Waals surface area contributed by atoms with Crippen molar-refractivity contribution in [3.63, 3.8) is 0 Å². The minimum Gasteiger partial charge on any atom is -0.374 e. The normalized spacial score (nSPS) is 31.1. The van der Waals surface area contributed by atoms with E-state index in [-0.39, 0.29) is 5.91 Å². The zero-order chi connectivity index (χ0) is 19.8. The van der Waals surface area contributed by atoms with Crippen LogP contribution in [-0.4, -0.2) is 60.1 Å². The lowest BCUT2D eigenvalue weighted by molar-refractivity contribution is -0.128. The first-order valence-corrected chi connectivity index (χ1v) is 11.3. The van der Waals surface area contributed by atoms with Crippen molar-refractivity contribution in [3.8, 4) is 0 Å². The number of nitrogens with zero attached hydrogens (tertiary/aromatic N) is 3. The maximum absolute atomic E-state index is 11.9. The zero-order valence-electron chi connectivity index (χ0n) is 17.3. The Morgan fingerprint density at radius 1 is 1.21 bits per heavy atom. The highest BCUT2D eigenvalue weighted by atomic mass is 16.5. The molecule has 0 radical (unpaired) electrons. The lowest BCUT2D eigenvalue weighted by atomic mass is 9.82. The summed E-state index contributed by atoms with van der Waals surface area (Å²) in [4.78, 5) is 21.3. The van der Waals surface area contributed by atoms with Gasteiger partial charge < -0.3 is 19.9 Å². The largest absolute Gasteiger partial charge is 0.374 e. The number of ether oxygens (including phenoxy) is 1. The lowest BCUT2D eigenvalue weighted by Gasteiger charge is -2.23. The minimum absolute atomic E-state index is 0.278. The number of hydrogen-bond acceptors (Lipinski definition) is 3. The first kappa shape index (κ1) is 18.9. The second-order valence-electron chi connectivity index (χ2n) is 8.93. The molecule has 4 aliphatic rings. The van der Waals surface area contributed by atoms with E-state index in [0.717, 1.165) is 38.6 Å². The standard InChI is InChI=1S/C23H32N4O2/c1-2-24-23(27-14-18-19(15-27)21-9-8-20(18)29-21)25-12-16-5-3-6-17(11-16)13-26-10-4-7-22(26)28/h3,5-6,11,18-21H,2,4,7-10,12-15H2,1H3,(H,24,25). The molecular formula is C23H32N4O2. The molecule has 156 valence electrons. The maximum atomic E-state index is 11.9.